The molecule has 172 valence electrons. The third kappa shape index (κ3) is 9.44. The minimum atomic E-state index is -3.69. The maximum atomic E-state index is 11.4. The number of ether oxygens (including phenoxy) is 1. The first-order chi connectivity index (χ1) is 14.2. The minimum absolute atomic E-state index is 0. The van der Waals surface area contributed by atoms with E-state index in [0.29, 0.717) is 25.0 Å². The van der Waals surface area contributed by atoms with Gasteiger partial charge < -0.3 is 15.4 Å². The normalized spacial score (nSPS) is 12.8. The van der Waals surface area contributed by atoms with E-state index in [1.165, 1.54) is 12.1 Å². The van der Waals surface area contributed by atoms with Crippen molar-refractivity contribution in [1.29, 1.82) is 0 Å². The van der Waals surface area contributed by atoms with Crippen LogP contribution in [0, 0.1) is 5.92 Å². The summed E-state index contributed by atoms with van der Waals surface area (Å²) in [7, 11) is -3.69. The first-order valence-corrected chi connectivity index (χ1v) is 11.6. The third-order valence-corrected chi connectivity index (χ3v) is 5.26. The fraction of sp³-hybridized carbons (Fsp3) is 0.409. The van der Waals surface area contributed by atoms with Gasteiger partial charge in [-0.25, -0.2) is 18.5 Å². The van der Waals surface area contributed by atoms with E-state index in [1.807, 2.05) is 31.2 Å². The van der Waals surface area contributed by atoms with E-state index in [9.17, 15) is 8.42 Å². The van der Waals surface area contributed by atoms with Crippen LogP contribution in [0.4, 0.5) is 0 Å². The number of nitrogens with zero attached hydrogens (tertiary/aromatic N) is 1. The maximum absolute atomic E-state index is 11.4. The Hall–Kier alpha value is -1.85. The lowest BCUT2D eigenvalue weighted by Gasteiger charge is -2.19. The average Bonchev–Trinajstić information content (AvgIpc) is 2.70. The van der Waals surface area contributed by atoms with Crippen LogP contribution in [-0.4, -0.2) is 27.5 Å². The predicted octanol–water partition coefficient (Wildman–Crippen LogP) is 3.80. The van der Waals surface area contributed by atoms with Crippen molar-refractivity contribution >= 4 is 40.0 Å². The van der Waals surface area contributed by atoms with Gasteiger partial charge in [0.25, 0.3) is 0 Å². The zero-order valence-electron chi connectivity index (χ0n) is 18.5. The molecule has 2 rings (SSSR count). The van der Waals surface area contributed by atoms with Crippen molar-refractivity contribution < 1.29 is 13.2 Å². The Bertz CT molecular complexity index is 930. The highest BCUT2D eigenvalue weighted by Gasteiger charge is 2.09. The van der Waals surface area contributed by atoms with Crippen LogP contribution in [0.5, 0.6) is 5.75 Å². The molecule has 0 fully saturated rings. The van der Waals surface area contributed by atoms with Crippen molar-refractivity contribution in [2.45, 2.75) is 45.2 Å². The van der Waals surface area contributed by atoms with Crippen molar-refractivity contribution in [2.24, 2.45) is 16.0 Å². The predicted molar refractivity (Wildman–Crippen MR) is 136 cm³/mol. The van der Waals surface area contributed by atoms with Crippen LogP contribution in [-0.2, 0) is 16.6 Å². The molecule has 0 saturated heterocycles. The lowest BCUT2D eigenvalue weighted by Crippen LogP contribution is -2.38. The molecule has 0 radical (unpaired) electrons. The molecule has 0 heterocycles. The van der Waals surface area contributed by atoms with Crippen LogP contribution in [0.1, 0.15) is 44.9 Å². The Morgan fingerprint density at radius 2 is 1.68 bits per heavy atom. The summed E-state index contributed by atoms with van der Waals surface area (Å²) < 4.78 is 28.5. The molecular formula is C22H33IN4O3S. The zero-order valence-corrected chi connectivity index (χ0v) is 21.6. The Morgan fingerprint density at radius 1 is 1.06 bits per heavy atom. The van der Waals surface area contributed by atoms with E-state index in [1.54, 1.807) is 12.1 Å². The van der Waals surface area contributed by atoms with Gasteiger partial charge in [0.05, 0.1) is 24.1 Å². The molecule has 2 aromatic rings. The fourth-order valence-electron chi connectivity index (χ4n) is 2.68. The largest absolute Gasteiger partial charge is 0.493 e. The van der Waals surface area contributed by atoms with E-state index in [-0.39, 0.29) is 34.9 Å². The Morgan fingerprint density at radius 3 is 2.19 bits per heavy atom. The van der Waals surface area contributed by atoms with Gasteiger partial charge in [0.15, 0.2) is 5.96 Å². The fourth-order valence-corrected chi connectivity index (χ4v) is 3.19. The van der Waals surface area contributed by atoms with Crippen LogP contribution >= 0.6 is 24.0 Å². The number of benzene rings is 2. The number of halogens is 1. The molecular weight excluding hydrogens is 527 g/mol. The number of sulfonamides is 1. The number of aliphatic imine (C=N–C) groups is 1. The number of hydrogen-bond acceptors (Lipinski definition) is 4. The molecule has 7 nitrogen and oxygen atoms in total. The number of rotatable bonds is 9. The third-order valence-electron chi connectivity index (χ3n) is 4.33. The van der Waals surface area contributed by atoms with Gasteiger partial charge in [-0.3, -0.25) is 0 Å². The molecule has 0 amide bonds. The molecule has 0 aliphatic carbocycles. The van der Waals surface area contributed by atoms with Gasteiger partial charge in [-0.1, -0.05) is 38.1 Å². The molecule has 1 unspecified atom stereocenters. The minimum Gasteiger partial charge on any atom is -0.493 e. The Balaban J connectivity index is 0.00000480. The molecule has 4 N–H and O–H groups in total. The lowest BCUT2D eigenvalue weighted by atomic mass is 10.1. The molecule has 0 aliphatic rings. The van der Waals surface area contributed by atoms with Gasteiger partial charge in [0.2, 0.25) is 10.0 Å². The van der Waals surface area contributed by atoms with Gasteiger partial charge in [-0.2, -0.15) is 0 Å². The number of hydrogen-bond donors (Lipinski definition) is 3. The Kier molecular flexibility index (Phi) is 11.3. The van der Waals surface area contributed by atoms with Gasteiger partial charge in [-0.15, -0.1) is 24.0 Å². The van der Waals surface area contributed by atoms with Crippen molar-refractivity contribution in [1.82, 2.24) is 10.6 Å². The molecule has 1 atom stereocenters. The summed E-state index contributed by atoms with van der Waals surface area (Å²) in [6.45, 7) is 10.1. The van der Waals surface area contributed by atoms with Gasteiger partial charge in [0.1, 0.15) is 5.75 Å². The second kappa shape index (κ2) is 12.9. The monoisotopic (exact) mass is 560 g/mol. The standard InChI is InChI=1S/C22H32N4O3S.HI/c1-5-24-22(25-14-18-6-12-21(13-7-18)30(23,27)28)26-17(4)19-8-10-20(11-9-19)29-15-16(2)3;/h6-13,16-17H,5,14-15H2,1-4H3,(H2,23,27,28)(H2,24,25,26);1H. The summed E-state index contributed by atoms with van der Waals surface area (Å²) in [4.78, 5) is 4.69. The zero-order chi connectivity index (χ0) is 22.1. The first-order valence-electron chi connectivity index (χ1n) is 10.1. The molecule has 0 aliphatic heterocycles. The van der Waals surface area contributed by atoms with Crippen molar-refractivity contribution in [3.8, 4) is 5.75 Å². The highest BCUT2D eigenvalue weighted by Crippen LogP contribution is 2.18. The number of primary sulfonamides is 1. The molecule has 0 aromatic heterocycles. The van der Waals surface area contributed by atoms with E-state index < -0.39 is 10.0 Å². The highest BCUT2D eigenvalue weighted by molar-refractivity contribution is 14.0. The number of nitrogens with one attached hydrogen (secondary N) is 2. The molecule has 2 aromatic carbocycles. The van der Waals surface area contributed by atoms with E-state index >= 15 is 0 Å². The van der Waals surface area contributed by atoms with Crippen LogP contribution in [0.25, 0.3) is 0 Å². The topological polar surface area (TPSA) is 106 Å². The van der Waals surface area contributed by atoms with E-state index in [2.05, 4.69) is 36.4 Å². The van der Waals surface area contributed by atoms with Crippen molar-refractivity contribution in [3.05, 3.63) is 59.7 Å². The molecule has 0 saturated carbocycles. The van der Waals surface area contributed by atoms with E-state index in [4.69, 9.17) is 9.88 Å². The summed E-state index contributed by atoms with van der Waals surface area (Å²) in [6.07, 6.45) is 0. The second-order valence-corrected chi connectivity index (χ2v) is 9.09. The average molecular weight is 561 g/mol. The summed E-state index contributed by atoms with van der Waals surface area (Å²) in [5, 5.41) is 11.8. The first kappa shape index (κ1) is 27.2. The Labute approximate surface area is 202 Å². The smallest absolute Gasteiger partial charge is 0.238 e. The summed E-state index contributed by atoms with van der Waals surface area (Å²) in [5.74, 6) is 2.03. The molecule has 9 heteroatoms. The molecule has 31 heavy (non-hydrogen) atoms. The van der Waals surface area contributed by atoms with Gasteiger partial charge >= 0.3 is 0 Å². The summed E-state index contributed by atoms with van der Waals surface area (Å²) in [6, 6.07) is 14.5. The summed E-state index contributed by atoms with van der Waals surface area (Å²) >= 11 is 0. The highest BCUT2D eigenvalue weighted by atomic mass is 127. The van der Waals surface area contributed by atoms with Crippen LogP contribution in [0.3, 0.4) is 0 Å². The maximum Gasteiger partial charge on any atom is 0.238 e. The van der Waals surface area contributed by atoms with Crippen LogP contribution < -0.4 is 20.5 Å². The number of guanidine groups is 1. The quantitative estimate of drug-likeness (QED) is 0.246. The number of nitrogens with two attached hydrogens (primary N) is 1. The van der Waals surface area contributed by atoms with Crippen LogP contribution in [0.15, 0.2) is 58.4 Å². The van der Waals surface area contributed by atoms with Gasteiger partial charge in [0, 0.05) is 6.54 Å². The van der Waals surface area contributed by atoms with Gasteiger partial charge in [-0.05, 0) is 55.2 Å². The summed E-state index contributed by atoms with van der Waals surface area (Å²) in [5.41, 5.74) is 2.01. The van der Waals surface area contributed by atoms with Crippen molar-refractivity contribution in [2.75, 3.05) is 13.2 Å². The van der Waals surface area contributed by atoms with Crippen molar-refractivity contribution in [3.63, 3.8) is 0 Å². The molecule has 0 spiro atoms. The lowest BCUT2D eigenvalue weighted by molar-refractivity contribution is 0.271. The van der Waals surface area contributed by atoms with Crippen LogP contribution in [0.2, 0.25) is 0 Å². The second-order valence-electron chi connectivity index (χ2n) is 7.52. The molecule has 0 bridgehead atoms. The van der Waals surface area contributed by atoms with E-state index in [0.717, 1.165) is 23.4 Å². The SMILES string of the molecule is CCNC(=NCc1ccc(S(N)(=O)=O)cc1)NC(C)c1ccc(OCC(C)C)cc1.I.